The van der Waals surface area contributed by atoms with Crippen LogP contribution in [0.3, 0.4) is 0 Å². The minimum atomic E-state index is -4.42. The molecule has 0 bridgehead atoms. The molecule has 0 aliphatic heterocycles. The zero-order valence-electron chi connectivity index (χ0n) is 12.0. The first kappa shape index (κ1) is 17.5. The summed E-state index contributed by atoms with van der Waals surface area (Å²) in [5, 5.41) is 3.03. The van der Waals surface area contributed by atoms with Crippen molar-refractivity contribution in [1.29, 1.82) is 0 Å². The maximum absolute atomic E-state index is 12.7. The van der Waals surface area contributed by atoms with E-state index in [4.69, 9.17) is 17.3 Å². The van der Waals surface area contributed by atoms with Crippen molar-refractivity contribution in [3.8, 4) is 0 Å². The fraction of sp³-hybridized carbons (Fsp3) is 0.133. The van der Waals surface area contributed by atoms with Gasteiger partial charge in [-0.3, -0.25) is 0 Å². The van der Waals surface area contributed by atoms with Crippen LogP contribution in [0, 0.1) is 0 Å². The highest BCUT2D eigenvalue weighted by atomic mass is 35.5. The molecule has 0 aliphatic carbocycles. The third kappa shape index (κ3) is 4.80. The highest BCUT2D eigenvalue weighted by Gasteiger charge is 2.30. The number of nitrogens with two attached hydrogens (primary N) is 1. The van der Waals surface area contributed by atoms with Gasteiger partial charge in [-0.2, -0.15) is 13.2 Å². The smallest absolute Gasteiger partial charge is 0.369 e. The number of nitrogens with one attached hydrogen (secondary N) is 1. The van der Waals surface area contributed by atoms with Crippen molar-refractivity contribution in [2.24, 2.45) is 10.7 Å². The van der Waals surface area contributed by atoms with Gasteiger partial charge < -0.3 is 11.1 Å². The van der Waals surface area contributed by atoms with Crippen molar-refractivity contribution in [2.45, 2.75) is 11.1 Å². The molecule has 0 aromatic heterocycles. The molecule has 8 heteroatoms. The molecule has 2 aromatic carbocycles. The van der Waals surface area contributed by atoms with Gasteiger partial charge in [0.2, 0.25) is 0 Å². The predicted molar refractivity (Wildman–Crippen MR) is 89.6 cm³/mol. The second kappa shape index (κ2) is 7.14. The molecular weight excluding hydrogens is 347 g/mol. The van der Waals surface area contributed by atoms with Crippen LogP contribution in [-0.4, -0.2) is 12.2 Å². The molecule has 0 heterocycles. The molecule has 0 fully saturated rings. The Morgan fingerprint density at radius 1 is 1.22 bits per heavy atom. The number of halogens is 4. The number of nitrogens with zero attached hydrogens (tertiary/aromatic N) is 1. The average Bonchev–Trinajstić information content (AvgIpc) is 2.49. The predicted octanol–water partition coefficient (Wildman–Crippen LogP) is 5.14. The van der Waals surface area contributed by atoms with Crippen LogP contribution in [0.4, 0.5) is 24.5 Å². The van der Waals surface area contributed by atoms with Gasteiger partial charge in [0.25, 0.3) is 0 Å². The van der Waals surface area contributed by atoms with Crippen molar-refractivity contribution in [1.82, 2.24) is 0 Å². The Labute approximate surface area is 140 Å². The average molecular weight is 360 g/mol. The molecule has 3 N–H and O–H groups in total. The summed E-state index contributed by atoms with van der Waals surface area (Å²) in [4.78, 5) is 5.06. The molecule has 0 radical (unpaired) electrons. The molecule has 0 spiro atoms. The molecule has 2 aromatic rings. The number of alkyl halides is 3. The second-order valence-electron chi connectivity index (χ2n) is 4.52. The van der Waals surface area contributed by atoms with Crippen molar-refractivity contribution in [3.05, 3.63) is 53.1 Å². The summed E-state index contributed by atoms with van der Waals surface area (Å²) in [7, 11) is 0. The Kier molecular flexibility index (Phi) is 5.43. The van der Waals surface area contributed by atoms with Gasteiger partial charge in [0, 0.05) is 10.6 Å². The van der Waals surface area contributed by atoms with Gasteiger partial charge in [-0.05, 0) is 42.7 Å². The lowest BCUT2D eigenvalue weighted by molar-refractivity contribution is -0.137. The van der Waals surface area contributed by atoms with Crippen LogP contribution in [0.2, 0.25) is 5.02 Å². The molecule has 2 rings (SSSR count). The SMILES string of the molecule is CSc1ccc(Cl)c(N=C(N)Nc2cccc(C(F)(F)F)c2)c1. The first-order valence-corrected chi connectivity index (χ1v) is 8.02. The van der Waals surface area contributed by atoms with E-state index in [1.807, 2.05) is 12.3 Å². The van der Waals surface area contributed by atoms with Crippen LogP contribution in [0.1, 0.15) is 5.56 Å². The number of benzene rings is 2. The minimum Gasteiger partial charge on any atom is -0.369 e. The largest absolute Gasteiger partial charge is 0.416 e. The van der Waals surface area contributed by atoms with E-state index in [1.165, 1.54) is 23.9 Å². The lowest BCUT2D eigenvalue weighted by Gasteiger charge is -2.10. The van der Waals surface area contributed by atoms with Crippen LogP contribution >= 0.6 is 23.4 Å². The van der Waals surface area contributed by atoms with E-state index >= 15 is 0 Å². The summed E-state index contributed by atoms with van der Waals surface area (Å²) in [5.74, 6) is -0.0514. The van der Waals surface area contributed by atoms with Crippen LogP contribution in [0.15, 0.2) is 52.4 Å². The van der Waals surface area contributed by atoms with E-state index in [0.717, 1.165) is 17.0 Å². The maximum atomic E-state index is 12.7. The summed E-state index contributed by atoms with van der Waals surface area (Å²) in [6, 6.07) is 9.97. The van der Waals surface area contributed by atoms with E-state index in [0.29, 0.717) is 10.7 Å². The highest BCUT2D eigenvalue weighted by molar-refractivity contribution is 7.98. The quantitative estimate of drug-likeness (QED) is 0.453. The second-order valence-corrected chi connectivity index (χ2v) is 5.80. The van der Waals surface area contributed by atoms with Gasteiger partial charge in [-0.1, -0.05) is 17.7 Å². The van der Waals surface area contributed by atoms with Crippen LogP contribution in [0.25, 0.3) is 0 Å². The lowest BCUT2D eigenvalue weighted by atomic mass is 10.2. The number of hydrogen-bond acceptors (Lipinski definition) is 2. The highest BCUT2D eigenvalue weighted by Crippen LogP contribution is 2.31. The Hall–Kier alpha value is -1.86. The van der Waals surface area contributed by atoms with Gasteiger partial charge in [0.1, 0.15) is 0 Å². The number of thioether (sulfide) groups is 1. The fourth-order valence-corrected chi connectivity index (χ4v) is 2.38. The first-order valence-electron chi connectivity index (χ1n) is 6.41. The van der Waals surface area contributed by atoms with E-state index in [2.05, 4.69) is 10.3 Å². The van der Waals surface area contributed by atoms with Crippen molar-refractivity contribution >= 4 is 40.7 Å². The molecule has 122 valence electrons. The van der Waals surface area contributed by atoms with Gasteiger partial charge in [-0.15, -0.1) is 11.8 Å². The van der Waals surface area contributed by atoms with Gasteiger partial charge in [0.15, 0.2) is 5.96 Å². The maximum Gasteiger partial charge on any atom is 0.416 e. The Morgan fingerprint density at radius 2 is 1.96 bits per heavy atom. The zero-order valence-corrected chi connectivity index (χ0v) is 13.6. The number of anilines is 1. The molecule has 0 saturated carbocycles. The molecule has 0 unspecified atom stereocenters. The lowest BCUT2D eigenvalue weighted by Crippen LogP contribution is -2.22. The summed E-state index contributed by atoms with van der Waals surface area (Å²) >= 11 is 7.55. The number of aliphatic imine (C=N–C) groups is 1. The summed E-state index contributed by atoms with van der Waals surface area (Å²) in [6.45, 7) is 0. The molecule has 0 aliphatic rings. The third-order valence-electron chi connectivity index (χ3n) is 2.86. The standard InChI is InChI=1S/C15H13ClF3N3S/c1-23-11-5-6-12(16)13(8-11)22-14(20)21-10-4-2-3-9(7-10)15(17,18)19/h2-8H,1H3,(H3,20,21,22). The first-order chi connectivity index (χ1) is 10.8. The number of rotatable bonds is 3. The molecule has 0 atom stereocenters. The number of hydrogen-bond donors (Lipinski definition) is 2. The minimum absolute atomic E-state index is 0.0514. The summed E-state index contributed by atoms with van der Waals surface area (Å²) in [5.41, 5.74) is 5.62. The molecular formula is C15H13ClF3N3S. The summed E-state index contributed by atoms with van der Waals surface area (Å²) in [6.07, 6.45) is -2.51. The monoisotopic (exact) mass is 359 g/mol. The topological polar surface area (TPSA) is 50.4 Å². The van der Waals surface area contributed by atoms with Gasteiger partial charge in [-0.25, -0.2) is 4.99 Å². The van der Waals surface area contributed by atoms with Crippen molar-refractivity contribution < 1.29 is 13.2 Å². The molecule has 23 heavy (non-hydrogen) atoms. The molecule has 3 nitrogen and oxygen atoms in total. The summed E-state index contributed by atoms with van der Waals surface area (Å²) < 4.78 is 38.0. The van der Waals surface area contributed by atoms with Crippen molar-refractivity contribution in [2.75, 3.05) is 11.6 Å². The zero-order chi connectivity index (χ0) is 17.0. The fourth-order valence-electron chi connectivity index (χ4n) is 1.78. The Balaban J connectivity index is 2.23. The van der Waals surface area contributed by atoms with Gasteiger partial charge in [0.05, 0.1) is 16.3 Å². The van der Waals surface area contributed by atoms with E-state index < -0.39 is 11.7 Å². The van der Waals surface area contributed by atoms with E-state index in [9.17, 15) is 13.2 Å². The number of guanidine groups is 1. The Bertz CT molecular complexity index is 732. The molecule has 0 saturated heterocycles. The van der Waals surface area contributed by atoms with Crippen LogP contribution in [0.5, 0.6) is 0 Å². The normalized spacial score (nSPS) is 12.3. The third-order valence-corrected chi connectivity index (χ3v) is 3.90. The van der Waals surface area contributed by atoms with Crippen LogP contribution < -0.4 is 11.1 Å². The van der Waals surface area contributed by atoms with Gasteiger partial charge >= 0.3 is 6.18 Å². The van der Waals surface area contributed by atoms with E-state index in [1.54, 1.807) is 12.1 Å². The van der Waals surface area contributed by atoms with E-state index in [-0.39, 0.29) is 11.6 Å². The Morgan fingerprint density at radius 3 is 2.61 bits per heavy atom. The molecule has 0 amide bonds. The van der Waals surface area contributed by atoms with Crippen molar-refractivity contribution in [3.63, 3.8) is 0 Å². The van der Waals surface area contributed by atoms with Crippen LogP contribution in [-0.2, 0) is 6.18 Å².